The van der Waals surface area contributed by atoms with Crippen LogP contribution < -0.4 is 4.90 Å². The number of piperazine rings is 1. The van der Waals surface area contributed by atoms with Gasteiger partial charge in [-0.1, -0.05) is 30.3 Å². The predicted octanol–water partition coefficient (Wildman–Crippen LogP) is 4.13. The highest BCUT2D eigenvalue weighted by atomic mass is 19.1. The number of aryl methyl sites for hydroxylation is 1. The molecule has 30 heavy (non-hydrogen) atoms. The summed E-state index contributed by atoms with van der Waals surface area (Å²) < 4.78 is 16.1. The van der Waals surface area contributed by atoms with Gasteiger partial charge in [0.05, 0.1) is 16.6 Å². The van der Waals surface area contributed by atoms with Gasteiger partial charge in [0.25, 0.3) is 0 Å². The fourth-order valence-corrected chi connectivity index (χ4v) is 4.31. The van der Waals surface area contributed by atoms with Crippen LogP contribution in [0.5, 0.6) is 0 Å². The van der Waals surface area contributed by atoms with Gasteiger partial charge in [-0.15, -0.1) is 0 Å². The summed E-state index contributed by atoms with van der Waals surface area (Å²) in [5, 5.41) is 9.69. The molecule has 0 saturated carbocycles. The molecule has 0 N–H and O–H groups in total. The molecule has 6 heteroatoms. The first-order valence-corrected chi connectivity index (χ1v) is 10.2. The number of benzene rings is 2. The van der Waals surface area contributed by atoms with Gasteiger partial charge in [-0.3, -0.25) is 9.30 Å². The summed E-state index contributed by atoms with van der Waals surface area (Å²) in [6.45, 7) is 5.96. The lowest BCUT2D eigenvalue weighted by molar-refractivity contribution is 0.246. The first-order chi connectivity index (χ1) is 14.7. The molecule has 0 radical (unpaired) electrons. The summed E-state index contributed by atoms with van der Waals surface area (Å²) in [6.07, 6.45) is 0. The topological polar surface area (TPSA) is 47.6 Å². The Balaban J connectivity index is 1.47. The minimum absolute atomic E-state index is 0.144. The van der Waals surface area contributed by atoms with E-state index in [4.69, 9.17) is 4.98 Å². The molecule has 5 nitrogen and oxygen atoms in total. The van der Waals surface area contributed by atoms with E-state index in [1.165, 1.54) is 6.07 Å². The molecule has 0 bridgehead atoms. The van der Waals surface area contributed by atoms with E-state index in [2.05, 4.69) is 26.3 Å². The van der Waals surface area contributed by atoms with Crippen molar-refractivity contribution in [2.75, 3.05) is 31.1 Å². The Bertz CT molecular complexity index is 1280. The number of halogens is 1. The maximum atomic E-state index is 14.0. The summed E-state index contributed by atoms with van der Waals surface area (Å²) in [5.41, 5.74) is 4.90. The van der Waals surface area contributed by atoms with Crippen LogP contribution in [0.15, 0.2) is 54.6 Å². The van der Waals surface area contributed by atoms with Gasteiger partial charge in [0.15, 0.2) is 5.65 Å². The smallest absolute Gasteiger partial charge is 0.157 e. The number of pyridine rings is 1. The Morgan fingerprint density at radius 2 is 1.77 bits per heavy atom. The van der Waals surface area contributed by atoms with E-state index in [0.717, 1.165) is 54.2 Å². The highest BCUT2D eigenvalue weighted by molar-refractivity contribution is 5.85. The van der Waals surface area contributed by atoms with Crippen LogP contribution >= 0.6 is 0 Å². The largest absolute Gasteiger partial charge is 0.355 e. The van der Waals surface area contributed by atoms with Gasteiger partial charge in [0.2, 0.25) is 0 Å². The van der Waals surface area contributed by atoms with Crippen LogP contribution in [0.2, 0.25) is 0 Å². The lowest BCUT2D eigenvalue weighted by Crippen LogP contribution is -2.46. The van der Waals surface area contributed by atoms with Gasteiger partial charge in [-0.25, -0.2) is 9.37 Å². The van der Waals surface area contributed by atoms with Crippen LogP contribution in [0.25, 0.3) is 16.7 Å². The Morgan fingerprint density at radius 1 is 1.03 bits per heavy atom. The van der Waals surface area contributed by atoms with Gasteiger partial charge in [0.1, 0.15) is 17.7 Å². The molecule has 0 atom stereocenters. The van der Waals surface area contributed by atoms with E-state index in [0.29, 0.717) is 17.8 Å². The van der Waals surface area contributed by atoms with Gasteiger partial charge < -0.3 is 4.90 Å². The van der Waals surface area contributed by atoms with Crippen LogP contribution in [0.3, 0.4) is 0 Å². The van der Waals surface area contributed by atoms with Crippen LogP contribution in [0.1, 0.15) is 16.7 Å². The lowest BCUT2D eigenvalue weighted by Gasteiger charge is -2.36. The molecule has 1 aliphatic rings. The normalized spacial score (nSPS) is 15.0. The van der Waals surface area contributed by atoms with Crippen LogP contribution in [-0.2, 0) is 6.54 Å². The minimum atomic E-state index is -0.144. The number of hydrogen-bond acceptors (Lipinski definition) is 4. The maximum Gasteiger partial charge on any atom is 0.157 e. The number of hydrogen-bond donors (Lipinski definition) is 0. The molecule has 4 aromatic rings. The third-order valence-corrected chi connectivity index (χ3v) is 5.91. The summed E-state index contributed by atoms with van der Waals surface area (Å²) in [6, 6.07) is 19.4. The lowest BCUT2D eigenvalue weighted by atomic mass is 10.1. The molecule has 0 spiro atoms. The van der Waals surface area contributed by atoms with Gasteiger partial charge in [-0.05, 0) is 36.8 Å². The van der Waals surface area contributed by atoms with Gasteiger partial charge in [-0.2, -0.15) is 5.26 Å². The van der Waals surface area contributed by atoms with Gasteiger partial charge >= 0.3 is 0 Å². The van der Waals surface area contributed by atoms with Crippen molar-refractivity contribution in [1.29, 1.82) is 5.26 Å². The zero-order valence-corrected chi connectivity index (χ0v) is 16.8. The summed E-state index contributed by atoms with van der Waals surface area (Å²) in [7, 11) is 0. The van der Waals surface area contributed by atoms with Crippen molar-refractivity contribution >= 4 is 22.5 Å². The number of nitrogens with zero attached hydrogens (tertiary/aromatic N) is 5. The fraction of sp³-hybridized carbons (Fsp3) is 0.250. The van der Waals surface area contributed by atoms with Crippen molar-refractivity contribution in [1.82, 2.24) is 14.3 Å². The third-order valence-electron chi connectivity index (χ3n) is 5.91. The number of imidazole rings is 1. The number of rotatable bonds is 3. The number of anilines is 1. The standard InChI is InChI=1S/C24H22FN5/c1-17-14-23(30-22-9-5-4-8-21(22)27-24(30)19(17)15-26)29-12-10-28(11-13-29)16-18-6-2-3-7-20(18)25/h2-9,14H,10-13,16H2,1H3. The van der Waals surface area contributed by atoms with Gasteiger partial charge in [0, 0.05) is 38.3 Å². The van der Waals surface area contributed by atoms with E-state index >= 15 is 0 Å². The molecule has 3 heterocycles. The zero-order valence-electron chi connectivity index (χ0n) is 16.8. The molecule has 2 aromatic carbocycles. The average Bonchev–Trinajstić information content (AvgIpc) is 3.15. The third kappa shape index (κ3) is 3.08. The molecule has 1 aliphatic heterocycles. The van der Waals surface area contributed by atoms with Crippen molar-refractivity contribution < 1.29 is 4.39 Å². The maximum absolute atomic E-state index is 14.0. The fourth-order valence-electron chi connectivity index (χ4n) is 4.31. The number of para-hydroxylation sites is 2. The van der Waals surface area contributed by atoms with Crippen molar-refractivity contribution in [2.45, 2.75) is 13.5 Å². The van der Waals surface area contributed by atoms with Crippen LogP contribution in [0, 0.1) is 24.1 Å². The highest BCUT2D eigenvalue weighted by Crippen LogP contribution is 2.29. The van der Waals surface area contributed by atoms with Crippen molar-refractivity contribution in [2.24, 2.45) is 0 Å². The zero-order chi connectivity index (χ0) is 20.7. The van der Waals surface area contributed by atoms with E-state index < -0.39 is 0 Å². The first-order valence-electron chi connectivity index (χ1n) is 10.2. The molecule has 5 rings (SSSR count). The SMILES string of the molecule is Cc1cc(N2CCN(Cc3ccccc3F)CC2)n2c(nc3ccccc32)c1C#N. The Hall–Kier alpha value is -3.43. The number of nitriles is 1. The van der Waals surface area contributed by atoms with Crippen LogP contribution in [0.4, 0.5) is 10.2 Å². The highest BCUT2D eigenvalue weighted by Gasteiger charge is 2.23. The molecule has 1 fully saturated rings. The molecule has 2 aromatic heterocycles. The monoisotopic (exact) mass is 399 g/mol. The van der Waals surface area contributed by atoms with E-state index in [9.17, 15) is 9.65 Å². The van der Waals surface area contributed by atoms with Crippen molar-refractivity contribution in [3.8, 4) is 6.07 Å². The molecule has 0 aliphatic carbocycles. The Labute approximate surface area is 174 Å². The molecule has 0 unspecified atom stereocenters. The molecular formula is C24H22FN5. The van der Waals surface area contributed by atoms with E-state index in [1.54, 1.807) is 6.07 Å². The number of aromatic nitrogens is 2. The summed E-state index contributed by atoms with van der Waals surface area (Å²) in [4.78, 5) is 9.37. The predicted molar refractivity (Wildman–Crippen MR) is 116 cm³/mol. The average molecular weight is 399 g/mol. The molecule has 0 amide bonds. The van der Waals surface area contributed by atoms with E-state index in [-0.39, 0.29) is 5.82 Å². The summed E-state index contributed by atoms with van der Waals surface area (Å²) in [5.74, 6) is 0.912. The second-order valence-electron chi connectivity index (χ2n) is 7.79. The van der Waals surface area contributed by atoms with Crippen molar-refractivity contribution in [3.63, 3.8) is 0 Å². The molecule has 1 saturated heterocycles. The molecular weight excluding hydrogens is 377 g/mol. The Kier molecular flexibility index (Phi) is 4.61. The van der Waals surface area contributed by atoms with Crippen molar-refractivity contribution in [3.05, 3.63) is 77.1 Å². The van der Waals surface area contributed by atoms with Crippen LogP contribution in [-0.4, -0.2) is 40.5 Å². The van der Waals surface area contributed by atoms with E-state index in [1.807, 2.05) is 43.3 Å². The second-order valence-corrected chi connectivity index (χ2v) is 7.79. The Morgan fingerprint density at radius 3 is 2.53 bits per heavy atom. The second kappa shape index (κ2) is 7.43. The first kappa shape index (κ1) is 18.6. The minimum Gasteiger partial charge on any atom is -0.355 e. The molecule has 150 valence electrons. The summed E-state index contributed by atoms with van der Waals surface area (Å²) >= 11 is 0. The quantitative estimate of drug-likeness (QED) is 0.520. The number of fused-ring (bicyclic) bond motifs is 3.